The van der Waals surface area contributed by atoms with Gasteiger partial charge in [-0.2, -0.15) is 0 Å². The van der Waals surface area contributed by atoms with Crippen molar-refractivity contribution in [2.24, 2.45) is 0 Å². The second kappa shape index (κ2) is 7.84. The normalized spacial score (nSPS) is 11.0. The molecule has 1 heterocycles. The van der Waals surface area contributed by atoms with E-state index in [4.69, 9.17) is 5.11 Å². The van der Waals surface area contributed by atoms with Crippen molar-refractivity contribution in [1.82, 2.24) is 9.88 Å². The number of para-hydroxylation sites is 1. The van der Waals surface area contributed by atoms with Gasteiger partial charge in [-0.15, -0.1) is 0 Å². The largest absolute Gasteiger partial charge is 0.395 e. The summed E-state index contributed by atoms with van der Waals surface area (Å²) in [6.45, 7) is 3.31. The van der Waals surface area contributed by atoms with Crippen LogP contribution in [0.3, 0.4) is 0 Å². The number of aromatic nitrogens is 1. The first-order valence-electron chi connectivity index (χ1n) is 7.70. The van der Waals surface area contributed by atoms with Gasteiger partial charge in [-0.05, 0) is 24.5 Å². The molecule has 1 amide bonds. The molecular formula is C17H24N2O2. The van der Waals surface area contributed by atoms with E-state index in [2.05, 4.69) is 18.0 Å². The number of aromatic amines is 1. The van der Waals surface area contributed by atoms with Crippen LogP contribution in [0.15, 0.2) is 30.5 Å². The topological polar surface area (TPSA) is 56.3 Å². The van der Waals surface area contributed by atoms with E-state index in [-0.39, 0.29) is 12.5 Å². The number of nitrogens with zero attached hydrogens (tertiary/aromatic N) is 1. The van der Waals surface area contributed by atoms with E-state index in [9.17, 15) is 4.79 Å². The van der Waals surface area contributed by atoms with E-state index in [1.165, 1.54) is 10.9 Å². The van der Waals surface area contributed by atoms with Crippen LogP contribution >= 0.6 is 0 Å². The highest BCUT2D eigenvalue weighted by atomic mass is 16.3. The lowest BCUT2D eigenvalue weighted by molar-refractivity contribution is -0.131. The summed E-state index contributed by atoms with van der Waals surface area (Å²) in [5.41, 5.74) is 2.29. The molecule has 1 aromatic heterocycles. The fourth-order valence-electron chi connectivity index (χ4n) is 2.57. The van der Waals surface area contributed by atoms with Crippen molar-refractivity contribution in [3.05, 3.63) is 36.0 Å². The van der Waals surface area contributed by atoms with Crippen LogP contribution in [0.25, 0.3) is 10.9 Å². The summed E-state index contributed by atoms with van der Waals surface area (Å²) in [5.74, 6) is 0.128. The first kappa shape index (κ1) is 15.6. The fraction of sp³-hybridized carbons (Fsp3) is 0.471. The summed E-state index contributed by atoms with van der Waals surface area (Å²) in [7, 11) is 0. The lowest BCUT2D eigenvalue weighted by atomic mass is 10.1. The number of carbonyl (C=O) groups is 1. The van der Waals surface area contributed by atoms with Crippen LogP contribution in [0.5, 0.6) is 0 Å². The number of nitrogens with one attached hydrogen (secondary N) is 1. The predicted molar refractivity (Wildman–Crippen MR) is 85.2 cm³/mol. The summed E-state index contributed by atoms with van der Waals surface area (Å²) in [5, 5.41) is 10.3. The van der Waals surface area contributed by atoms with E-state index in [1.54, 1.807) is 4.90 Å². The summed E-state index contributed by atoms with van der Waals surface area (Å²) in [4.78, 5) is 17.3. The summed E-state index contributed by atoms with van der Waals surface area (Å²) >= 11 is 0. The van der Waals surface area contributed by atoms with E-state index in [1.807, 2.05) is 24.4 Å². The van der Waals surface area contributed by atoms with Crippen molar-refractivity contribution in [3.63, 3.8) is 0 Å². The average Bonchev–Trinajstić information content (AvgIpc) is 2.92. The van der Waals surface area contributed by atoms with Crippen LogP contribution in [0, 0.1) is 0 Å². The second-order valence-electron chi connectivity index (χ2n) is 5.32. The van der Waals surface area contributed by atoms with E-state index in [0.29, 0.717) is 13.0 Å². The number of hydrogen-bond donors (Lipinski definition) is 2. The first-order valence-corrected chi connectivity index (χ1v) is 7.70. The molecule has 4 nitrogen and oxygen atoms in total. The molecule has 2 aromatic rings. The summed E-state index contributed by atoms with van der Waals surface area (Å²) in [6.07, 6.45) is 5.25. The Hall–Kier alpha value is -1.81. The van der Waals surface area contributed by atoms with E-state index >= 15 is 0 Å². The molecule has 1 aromatic carbocycles. The molecule has 0 bridgehead atoms. The van der Waals surface area contributed by atoms with Gasteiger partial charge in [-0.3, -0.25) is 4.79 Å². The van der Waals surface area contributed by atoms with Gasteiger partial charge in [-0.25, -0.2) is 0 Å². The minimum atomic E-state index is 0.0303. The van der Waals surface area contributed by atoms with Crippen LogP contribution in [0.4, 0.5) is 0 Å². The maximum Gasteiger partial charge on any atom is 0.222 e. The lowest BCUT2D eigenvalue weighted by Gasteiger charge is -2.21. The molecule has 0 fully saturated rings. The number of aliphatic hydroxyl groups is 1. The van der Waals surface area contributed by atoms with Crippen LogP contribution < -0.4 is 0 Å². The molecule has 0 aliphatic heterocycles. The molecule has 114 valence electrons. The first-order chi connectivity index (χ1) is 10.3. The maximum atomic E-state index is 12.3. The number of carbonyl (C=O) groups excluding carboxylic acids is 1. The van der Waals surface area contributed by atoms with Gasteiger partial charge in [0.25, 0.3) is 0 Å². The van der Waals surface area contributed by atoms with Crippen molar-refractivity contribution in [3.8, 4) is 0 Å². The van der Waals surface area contributed by atoms with Crippen molar-refractivity contribution in [2.45, 2.75) is 32.6 Å². The zero-order valence-corrected chi connectivity index (χ0v) is 12.6. The molecule has 0 atom stereocenters. The zero-order valence-electron chi connectivity index (χ0n) is 12.6. The Morgan fingerprint density at radius 3 is 2.86 bits per heavy atom. The Kier molecular flexibility index (Phi) is 5.81. The van der Waals surface area contributed by atoms with Crippen LogP contribution in [-0.2, 0) is 11.2 Å². The number of amides is 1. The number of hydrogen-bond acceptors (Lipinski definition) is 2. The summed E-state index contributed by atoms with van der Waals surface area (Å²) < 4.78 is 0. The minimum absolute atomic E-state index is 0.0303. The molecule has 2 rings (SSSR count). The number of unbranched alkanes of at least 4 members (excludes halogenated alkanes) is 1. The predicted octanol–water partition coefficient (Wildman–Crippen LogP) is 2.72. The minimum Gasteiger partial charge on any atom is -0.395 e. The SMILES string of the molecule is CCCCN(CCO)C(=O)CCc1c[nH]c2ccccc12. The van der Waals surface area contributed by atoms with Crippen molar-refractivity contribution in [2.75, 3.05) is 19.7 Å². The number of rotatable bonds is 8. The van der Waals surface area contributed by atoms with E-state index < -0.39 is 0 Å². The van der Waals surface area contributed by atoms with Crippen LogP contribution in [0.1, 0.15) is 31.7 Å². The Morgan fingerprint density at radius 2 is 2.10 bits per heavy atom. The van der Waals surface area contributed by atoms with Gasteiger partial charge in [0.2, 0.25) is 5.91 Å². The molecule has 2 N–H and O–H groups in total. The van der Waals surface area contributed by atoms with Gasteiger partial charge in [0.1, 0.15) is 0 Å². The Bertz CT molecular complexity index is 577. The molecule has 0 unspecified atom stereocenters. The molecule has 0 saturated carbocycles. The Morgan fingerprint density at radius 1 is 1.29 bits per heavy atom. The number of aliphatic hydroxyl groups excluding tert-OH is 1. The lowest BCUT2D eigenvalue weighted by Crippen LogP contribution is -2.34. The Balaban J connectivity index is 1.95. The summed E-state index contributed by atoms with van der Waals surface area (Å²) in [6, 6.07) is 8.14. The number of aryl methyl sites for hydroxylation is 1. The number of benzene rings is 1. The molecule has 0 aliphatic carbocycles. The zero-order chi connectivity index (χ0) is 15.1. The quantitative estimate of drug-likeness (QED) is 0.784. The van der Waals surface area contributed by atoms with E-state index in [0.717, 1.165) is 31.3 Å². The number of fused-ring (bicyclic) bond motifs is 1. The molecule has 0 spiro atoms. The smallest absolute Gasteiger partial charge is 0.222 e. The molecular weight excluding hydrogens is 264 g/mol. The molecule has 4 heteroatoms. The third kappa shape index (κ3) is 4.08. The van der Waals surface area contributed by atoms with Gasteiger partial charge >= 0.3 is 0 Å². The average molecular weight is 288 g/mol. The van der Waals surface area contributed by atoms with Gasteiger partial charge in [0.05, 0.1) is 6.61 Å². The van der Waals surface area contributed by atoms with Gasteiger partial charge < -0.3 is 15.0 Å². The highest BCUT2D eigenvalue weighted by molar-refractivity contribution is 5.84. The third-order valence-corrected chi connectivity index (χ3v) is 3.79. The molecule has 0 saturated heterocycles. The standard InChI is InChI=1S/C17H24N2O2/c1-2-3-10-19(11-12-20)17(21)9-8-14-13-18-16-7-5-4-6-15(14)16/h4-7,13,18,20H,2-3,8-12H2,1H3. The van der Waals surface area contributed by atoms with Gasteiger partial charge in [-0.1, -0.05) is 31.5 Å². The van der Waals surface area contributed by atoms with Crippen LogP contribution in [-0.4, -0.2) is 40.6 Å². The molecule has 0 aliphatic rings. The monoisotopic (exact) mass is 288 g/mol. The fourth-order valence-corrected chi connectivity index (χ4v) is 2.57. The maximum absolute atomic E-state index is 12.3. The Labute approximate surface area is 125 Å². The number of H-pyrrole nitrogens is 1. The molecule has 0 radical (unpaired) electrons. The third-order valence-electron chi connectivity index (χ3n) is 3.79. The van der Waals surface area contributed by atoms with Gasteiger partial charge in [0.15, 0.2) is 0 Å². The molecule has 21 heavy (non-hydrogen) atoms. The van der Waals surface area contributed by atoms with Crippen molar-refractivity contribution >= 4 is 16.8 Å². The highest BCUT2D eigenvalue weighted by Crippen LogP contribution is 2.19. The van der Waals surface area contributed by atoms with Crippen molar-refractivity contribution < 1.29 is 9.90 Å². The second-order valence-corrected chi connectivity index (χ2v) is 5.32. The highest BCUT2D eigenvalue weighted by Gasteiger charge is 2.13. The van der Waals surface area contributed by atoms with Crippen molar-refractivity contribution in [1.29, 1.82) is 0 Å². The van der Waals surface area contributed by atoms with Gasteiger partial charge in [0, 0.05) is 36.6 Å². The van der Waals surface area contributed by atoms with Crippen LogP contribution in [0.2, 0.25) is 0 Å².